The molecule has 113 heavy (non-hydrogen) atoms. The van der Waals surface area contributed by atoms with E-state index in [1.807, 2.05) is 0 Å². The van der Waals surface area contributed by atoms with Crippen molar-refractivity contribution in [3.8, 4) is 103 Å². The van der Waals surface area contributed by atoms with Gasteiger partial charge in [-0.15, -0.1) is 0 Å². The Balaban J connectivity index is 1.02. The van der Waals surface area contributed by atoms with Gasteiger partial charge in [-0.05, 0) is 182 Å². The minimum absolute atomic E-state index is 0.00295. The van der Waals surface area contributed by atoms with Crippen LogP contribution in [0.1, 0.15) is 172 Å². The van der Waals surface area contributed by atoms with Crippen LogP contribution in [0.25, 0.3) is 0 Å². The van der Waals surface area contributed by atoms with Gasteiger partial charge in [0, 0.05) is 111 Å². The normalized spacial score (nSPS) is 25.1. The predicted octanol–water partition coefficient (Wildman–Crippen LogP) is 13.0. The summed E-state index contributed by atoms with van der Waals surface area (Å²) in [4.78, 5) is 0. The molecule has 3 heterocycles. The van der Waals surface area contributed by atoms with Gasteiger partial charge < -0.3 is 116 Å². The fraction of sp³-hybridized carbons (Fsp3) is 0.200. The molecule has 23 heteroatoms. The van der Waals surface area contributed by atoms with E-state index < -0.39 is 120 Å². The molecule has 0 unspecified atom stereocenters. The Morgan fingerprint density at radius 2 is 0.761 bits per heavy atom. The lowest BCUT2D eigenvalue weighted by Gasteiger charge is -2.39. The van der Waals surface area contributed by atoms with Crippen molar-refractivity contribution in [2.45, 2.75) is 102 Å². The van der Waals surface area contributed by atoms with Gasteiger partial charge in [-0.2, -0.15) is 0 Å². The number of fused-ring (bicyclic) bond motifs is 4. The Bertz CT molecular complexity index is 5700. The van der Waals surface area contributed by atoms with E-state index in [1.54, 1.807) is 78.9 Å². The molecule has 0 saturated carbocycles. The minimum atomic E-state index is -1.97. The first-order valence-corrected chi connectivity index (χ1v) is 36.7. The maximum absolute atomic E-state index is 15.6. The first-order chi connectivity index (χ1) is 54.4. The molecule has 17 atom stereocenters. The molecular formula is C90H74O23. The first-order valence-electron chi connectivity index (χ1n) is 36.7. The highest BCUT2D eigenvalue weighted by atomic mass is 16.7. The average Bonchev–Trinajstić information content (AvgIpc) is 1.50. The maximum Gasteiger partial charge on any atom is 0.229 e. The highest BCUT2D eigenvalue weighted by Gasteiger charge is 2.61. The topological polar surface area (TPSA) is 421 Å². The van der Waals surface area contributed by atoms with Crippen molar-refractivity contribution in [3.05, 3.63) is 319 Å². The van der Waals surface area contributed by atoms with E-state index in [9.17, 15) is 91.9 Å². The van der Waals surface area contributed by atoms with Gasteiger partial charge in [0.05, 0.1) is 18.4 Å². The lowest BCUT2D eigenvalue weighted by molar-refractivity contribution is -0.277. The van der Waals surface area contributed by atoms with E-state index in [0.717, 1.165) is 12.1 Å². The standard InChI is InChI=1S/C90H74O23/c91-37-65-83(106)85(108)86(109)90(112-65)110-58-35-61-73(63(105)36-58)70(44-25-52(98)29-53(99)26-44)66(38-1-13-46(92)14-2-38)75(61)69(41-7-19-49(95)20-8-41)82-84(107)80-76(60-32-57(103)34-64-74(60)71(45-27-54(100)30-55(101)28-45)87(111-64)42-9-21-50(96)22-10-42)68(40-5-17-48(94)18-6-40)78-67(39-3-15-47(93)16-4-39)72-59(31-56(102)33-62(72)104)77-81(79(78)80)89(82)113-88(77)43-11-23-51(97)24-12-43/h1-36,65-71,75-78,83,85-88,90-109H,37H2/t65-,66+,67-,68-,69-,70+,71-,75+,76-,77-,78+,83-,85+,86-,87+,88+,90-/m1/s1. The maximum atomic E-state index is 15.6. The quantitative estimate of drug-likeness (QED) is 0.0481. The number of aliphatic hydroxyl groups is 4. The molecular weight excluding hydrogens is 1450 g/mol. The van der Waals surface area contributed by atoms with Crippen molar-refractivity contribution in [3.63, 3.8) is 0 Å². The Morgan fingerprint density at radius 1 is 0.319 bits per heavy atom. The zero-order valence-electron chi connectivity index (χ0n) is 59.4. The van der Waals surface area contributed by atoms with Crippen LogP contribution in [0.2, 0.25) is 0 Å². The summed E-state index contributed by atoms with van der Waals surface area (Å²) in [6, 6.07) is 54.1. The van der Waals surface area contributed by atoms with Crippen LogP contribution in [0, 0.1) is 0 Å². The van der Waals surface area contributed by atoms with E-state index in [0.29, 0.717) is 66.8 Å². The number of benzene rings is 12. The highest BCUT2D eigenvalue weighted by molar-refractivity contribution is 5.78. The fourth-order valence-corrected chi connectivity index (χ4v) is 19.5. The van der Waals surface area contributed by atoms with Crippen LogP contribution in [0.4, 0.5) is 0 Å². The van der Waals surface area contributed by atoms with Gasteiger partial charge in [-0.3, -0.25) is 0 Å². The lowest BCUT2D eigenvalue weighted by atomic mass is 9.67. The molecule has 0 bridgehead atoms. The molecule has 0 spiro atoms. The molecule has 3 aliphatic heterocycles. The van der Waals surface area contributed by atoms with Crippen molar-refractivity contribution < 1.29 is 116 Å². The molecule has 18 rings (SSSR count). The second-order valence-corrected chi connectivity index (χ2v) is 30.2. The summed E-state index contributed by atoms with van der Waals surface area (Å²) in [7, 11) is 0. The van der Waals surface area contributed by atoms with Gasteiger partial charge in [-0.25, -0.2) is 0 Å². The zero-order chi connectivity index (χ0) is 78.6. The summed E-state index contributed by atoms with van der Waals surface area (Å²) in [5.74, 6) is -16.2. The third-order valence-electron chi connectivity index (χ3n) is 23.8. The Morgan fingerprint density at radius 3 is 1.30 bits per heavy atom. The molecule has 0 amide bonds. The second kappa shape index (κ2) is 27.1. The molecule has 0 radical (unpaired) electrons. The molecule has 0 aromatic heterocycles. The number of aromatic hydroxyl groups is 15. The fourth-order valence-electron chi connectivity index (χ4n) is 19.5. The molecule has 6 aliphatic rings. The smallest absolute Gasteiger partial charge is 0.229 e. The number of phenolic OH excluding ortho intramolecular Hbond substituents is 15. The molecule has 3 aliphatic carbocycles. The molecule has 12 aromatic rings. The first kappa shape index (κ1) is 71.4. The number of phenols is 15. The van der Waals surface area contributed by atoms with Gasteiger partial charge in [0.15, 0.2) is 0 Å². The summed E-state index contributed by atoms with van der Waals surface area (Å²) in [5.41, 5.74) is 5.79. The lowest BCUT2D eigenvalue weighted by Crippen LogP contribution is -2.60. The van der Waals surface area contributed by atoms with Gasteiger partial charge in [-0.1, -0.05) is 72.8 Å². The third kappa shape index (κ3) is 11.8. The third-order valence-corrected chi connectivity index (χ3v) is 23.8. The average molecular weight is 1520 g/mol. The molecule has 1 fully saturated rings. The molecule has 572 valence electrons. The van der Waals surface area contributed by atoms with Crippen molar-refractivity contribution in [1.29, 1.82) is 0 Å². The van der Waals surface area contributed by atoms with Crippen molar-refractivity contribution in [2.75, 3.05) is 6.61 Å². The van der Waals surface area contributed by atoms with Gasteiger partial charge in [0.1, 0.15) is 140 Å². The van der Waals surface area contributed by atoms with E-state index in [4.69, 9.17) is 18.9 Å². The van der Waals surface area contributed by atoms with Crippen LogP contribution in [0.15, 0.2) is 218 Å². The SMILES string of the molecule is OC[C@H]1O[C@@H](Oc2cc(O)c3c(c2)[C@H]([C@@H](c2ccc(O)cc2)c2c(O)c4c5c6c2O[C@@H](c2ccc(O)cc2)[C@@H]6c2cc(O)cc(O)c2[C@@H](c2ccc(O)cc2)[C@H]5[C@H](c2ccc(O)cc2)[C@H]4c2cc(O)cc4c2[C@@H](c2cc(O)cc(O)c2)[C@H](c2ccc(O)cc2)O4)[C@@H](c2ccc(O)cc2)[C@@H]3c2cc(O)cc(O)c2)[C@H](O)[C@@H](O)[C@@H]1O. The van der Waals surface area contributed by atoms with Gasteiger partial charge in [0.25, 0.3) is 0 Å². The molecule has 19 N–H and O–H groups in total. The van der Waals surface area contributed by atoms with Gasteiger partial charge in [0.2, 0.25) is 6.29 Å². The summed E-state index contributed by atoms with van der Waals surface area (Å²) in [5, 5.41) is 225. The Kier molecular flexibility index (Phi) is 17.1. The number of hydrogen-bond acceptors (Lipinski definition) is 23. The zero-order valence-corrected chi connectivity index (χ0v) is 59.4. The van der Waals surface area contributed by atoms with Crippen molar-refractivity contribution in [2.24, 2.45) is 0 Å². The van der Waals surface area contributed by atoms with Crippen LogP contribution in [0.3, 0.4) is 0 Å². The number of hydrogen-bond donors (Lipinski definition) is 19. The largest absolute Gasteiger partial charge is 0.508 e. The number of ether oxygens (including phenoxy) is 4. The van der Waals surface area contributed by atoms with E-state index in [2.05, 4.69) is 0 Å². The van der Waals surface area contributed by atoms with Crippen molar-refractivity contribution >= 4 is 0 Å². The minimum Gasteiger partial charge on any atom is -0.508 e. The number of aliphatic hydroxyl groups excluding tert-OH is 4. The second-order valence-electron chi connectivity index (χ2n) is 30.2. The van der Waals surface area contributed by atoms with E-state index >= 15 is 5.11 Å². The summed E-state index contributed by atoms with van der Waals surface area (Å²) < 4.78 is 27.4. The van der Waals surface area contributed by atoms with Crippen LogP contribution in [0.5, 0.6) is 103 Å². The van der Waals surface area contributed by atoms with E-state index in [-0.39, 0.29) is 125 Å². The highest BCUT2D eigenvalue weighted by Crippen LogP contribution is 2.75. The molecule has 1 saturated heterocycles. The Hall–Kier alpha value is -13.2. The van der Waals surface area contributed by atoms with Crippen LogP contribution in [-0.2, 0) is 4.74 Å². The molecule has 12 aromatic carbocycles. The monoisotopic (exact) mass is 1520 g/mol. The van der Waals surface area contributed by atoms with E-state index in [1.165, 1.54) is 127 Å². The summed E-state index contributed by atoms with van der Waals surface area (Å²) in [6.07, 6.45) is -11.3. The number of rotatable bonds is 14. The predicted molar refractivity (Wildman–Crippen MR) is 405 cm³/mol. The Labute approximate surface area is 643 Å². The molecule has 23 nitrogen and oxygen atoms in total. The van der Waals surface area contributed by atoms with Gasteiger partial charge >= 0.3 is 0 Å². The van der Waals surface area contributed by atoms with Crippen LogP contribution >= 0.6 is 0 Å². The van der Waals surface area contributed by atoms with Crippen LogP contribution in [-0.4, -0.2) is 134 Å². The summed E-state index contributed by atoms with van der Waals surface area (Å²) >= 11 is 0. The van der Waals surface area contributed by atoms with Crippen LogP contribution < -0.4 is 14.2 Å². The summed E-state index contributed by atoms with van der Waals surface area (Å²) in [6.45, 7) is -0.831. The van der Waals surface area contributed by atoms with Crippen molar-refractivity contribution in [1.82, 2.24) is 0 Å².